The van der Waals surface area contributed by atoms with Gasteiger partial charge >= 0.3 is 0 Å². The molecule has 0 fully saturated rings. The van der Waals surface area contributed by atoms with Crippen molar-refractivity contribution in [2.45, 2.75) is 6.61 Å². The number of nitrogens with zero attached hydrogens (tertiary/aromatic N) is 1. The fourth-order valence-corrected chi connectivity index (χ4v) is 2.13. The molecule has 0 unspecified atom stereocenters. The van der Waals surface area contributed by atoms with Gasteiger partial charge in [-0.15, -0.1) is 0 Å². The van der Waals surface area contributed by atoms with Crippen LogP contribution in [0.15, 0.2) is 53.1 Å². The molecule has 0 saturated carbocycles. The van der Waals surface area contributed by atoms with Gasteiger partial charge in [-0.3, -0.25) is 4.79 Å². The highest BCUT2D eigenvalue weighted by Gasteiger charge is 2.10. The summed E-state index contributed by atoms with van der Waals surface area (Å²) in [7, 11) is 1.52. The molecule has 0 atom stereocenters. The Morgan fingerprint density at radius 3 is 2.67 bits per heavy atom. The number of hydrogen-bond acceptors (Lipinski definition) is 5. The van der Waals surface area contributed by atoms with Crippen molar-refractivity contribution in [3.05, 3.63) is 65.8 Å². The fourth-order valence-electron chi connectivity index (χ4n) is 2.13. The molecule has 0 saturated heterocycles. The smallest absolute Gasteiger partial charge is 0.226 e. The number of benzene rings is 2. The summed E-state index contributed by atoms with van der Waals surface area (Å²) in [5, 5.41) is 0. The molecule has 0 aliphatic heterocycles. The zero-order valence-electron chi connectivity index (χ0n) is 12.9. The van der Waals surface area contributed by atoms with E-state index in [4.69, 9.17) is 13.9 Å². The highest BCUT2D eigenvalue weighted by atomic mass is 19.1. The number of methoxy groups -OCH3 is 1. The minimum atomic E-state index is -0.323. The van der Waals surface area contributed by atoms with Crippen molar-refractivity contribution < 1.29 is 23.1 Å². The lowest BCUT2D eigenvalue weighted by Gasteiger charge is -2.09. The molecule has 122 valence electrons. The Labute approximate surface area is 137 Å². The SMILES string of the molecule is COc1ccc(C=O)cc1OCc1coc(-c2ccc(F)cc2)n1. The van der Waals surface area contributed by atoms with Crippen molar-refractivity contribution in [3.63, 3.8) is 0 Å². The number of hydrogen-bond donors (Lipinski definition) is 0. The van der Waals surface area contributed by atoms with Crippen molar-refractivity contribution in [2.24, 2.45) is 0 Å². The number of oxazole rings is 1. The van der Waals surface area contributed by atoms with Gasteiger partial charge in [0.15, 0.2) is 11.5 Å². The first kappa shape index (κ1) is 15.7. The molecular weight excluding hydrogens is 313 g/mol. The van der Waals surface area contributed by atoms with Crippen LogP contribution in [0.4, 0.5) is 4.39 Å². The average Bonchev–Trinajstić information content (AvgIpc) is 3.09. The van der Waals surface area contributed by atoms with Crippen LogP contribution in [0.3, 0.4) is 0 Å². The molecule has 3 rings (SSSR count). The molecule has 0 spiro atoms. The summed E-state index contributed by atoms with van der Waals surface area (Å²) in [6, 6.07) is 10.7. The highest BCUT2D eigenvalue weighted by molar-refractivity contribution is 5.76. The summed E-state index contributed by atoms with van der Waals surface area (Å²) in [5.74, 6) is 1.01. The Balaban J connectivity index is 1.74. The summed E-state index contributed by atoms with van der Waals surface area (Å²) in [4.78, 5) is 15.2. The minimum absolute atomic E-state index is 0.142. The highest BCUT2D eigenvalue weighted by Crippen LogP contribution is 2.28. The molecule has 0 bridgehead atoms. The summed E-state index contributed by atoms with van der Waals surface area (Å²) < 4.78 is 29.2. The number of aldehydes is 1. The van der Waals surface area contributed by atoms with E-state index < -0.39 is 0 Å². The Morgan fingerprint density at radius 2 is 1.96 bits per heavy atom. The first-order valence-electron chi connectivity index (χ1n) is 7.16. The van der Waals surface area contributed by atoms with Gasteiger partial charge in [0.1, 0.15) is 30.7 Å². The predicted octanol–water partition coefficient (Wildman–Crippen LogP) is 3.88. The average molecular weight is 327 g/mol. The molecule has 0 N–H and O–H groups in total. The molecular formula is C18H14FNO4. The van der Waals surface area contributed by atoms with Crippen LogP contribution in [0, 0.1) is 5.82 Å². The quantitative estimate of drug-likeness (QED) is 0.643. The van der Waals surface area contributed by atoms with Gasteiger partial charge in [0.05, 0.1) is 7.11 Å². The van der Waals surface area contributed by atoms with Crippen LogP contribution in [0.25, 0.3) is 11.5 Å². The first-order chi connectivity index (χ1) is 11.7. The van der Waals surface area contributed by atoms with Gasteiger partial charge in [0, 0.05) is 11.1 Å². The second-order valence-electron chi connectivity index (χ2n) is 4.97. The lowest BCUT2D eigenvalue weighted by atomic mass is 10.2. The minimum Gasteiger partial charge on any atom is -0.493 e. The van der Waals surface area contributed by atoms with Crippen LogP contribution < -0.4 is 9.47 Å². The second kappa shape index (κ2) is 6.95. The Hall–Kier alpha value is -3.15. The number of carbonyl (C=O) groups is 1. The van der Waals surface area contributed by atoms with Crippen molar-refractivity contribution in [1.29, 1.82) is 0 Å². The lowest BCUT2D eigenvalue weighted by Crippen LogP contribution is -1.99. The third-order valence-corrected chi connectivity index (χ3v) is 3.34. The summed E-state index contributed by atoms with van der Waals surface area (Å²) >= 11 is 0. The Morgan fingerprint density at radius 1 is 1.17 bits per heavy atom. The Kier molecular flexibility index (Phi) is 4.56. The molecule has 6 heteroatoms. The lowest BCUT2D eigenvalue weighted by molar-refractivity contribution is 0.112. The molecule has 0 radical (unpaired) electrons. The predicted molar refractivity (Wildman–Crippen MR) is 84.6 cm³/mol. The van der Waals surface area contributed by atoms with E-state index in [-0.39, 0.29) is 12.4 Å². The first-order valence-corrected chi connectivity index (χ1v) is 7.16. The van der Waals surface area contributed by atoms with E-state index in [1.165, 1.54) is 25.5 Å². The summed E-state index contributed by atoms with van der Waals surface area (Å²) in [6.45, 7) is 0.142. The maximum Gasteiger partial charge on any atom is 0.226 e. The summed E-state index contributed by atoms with van der Waals surface area (Å²) in [5.41, 5.74) is 1.72. The van der Waals surface area contributed by atoms with Gasteiger partial charge in [-0.1, -0.05) is 0 Å². The van der Waals surface area contributed by atoms with Gasteiger partial charge in [0.2, 0.25) is 5.89 Å². The van der Waals surface area contributed by atoms with Crippen molar-refractivity contribution in [3.8, 4) is 23.0 Å². The van der Waals surface area contributed by atoms with Crippen LogP contribution in [0.5, 0.6) is 11.5 Å². The maximum atomic E-state index is 12.9. The van der Waals surface area contributed by atoms with Crippen LogP contribution in [0.2, 0.25) is 0 Å². The van der Waals surface area contributed by atoms with Gasteiger partial charge in [-0.25, -0.2) is 9.37 Å². The van der Waals surface area contributed by atoms with E-state index >= 15 is 0 Å². The molecule has 0 amide bonds. The summed E-state index contributed by atoms with van der Waals surface area (Å²) in [6.07, 6.45) is 2.20. The monoisotopic (exact) mass is 327 g/mol. The second-order valence-corrected chi connectivity index (χ2v) is 4.97. The molecule has 24 heavy (non-hydrogen) atoms. The van der Waals surface area contributed by atoms with Crippen molar-refractivity contribution in [1.82, 2.24) is 4.98 Å². The maximum absolute atomic E-state index is 12.9. The van der Waals surface area contributed by atoms with Crippen LogP contribution in [-0.4, -0.2) is 18.4 Å². The van der Waals surface area contributed by atoms with Crippen molar-refractivity contribution in [2.75, 3.05) is 7.11 Å². The van der Waals surface area contributed by atoms with E-state index in [0.29, 0.717) is 34.2 Å². The number of halogens is 1. The molecule has 0 aliphatic carbocycles. The molecule has 0 aliphatic rings. The van der Waals surface area contributed by atoms with E-state index in [0.717, 1.165) is 6.29 Å². The van der Waals surface area contributed by atoms with E-state index in [1.807, 2.05) is 0 Å². The number of carbonyl (C=O) groups excluding carboxylic acids is 1. The largest absolute Gasteiger partial charge is 0.493 e. The number of rotatable bonds is 6. The number of aromatic nitrogens is 1. The zero-order chi connectivity index (χ0) is 16.9. The molecule has 1 heterocycles. The van der Waals surface area contributed by atoms with Crippen molar-refractivity contribution >= 4 is 6.29 Å². The standard InChI is InChI=1S/C18H14FNO4/c1-22-16-7-2-12(9-21)8-17(16)23-10-15-11-24-18(20-15)13-3-5-14(19)6-4-13/h2-9,11H,10H2,1H3. The van der Waals surface area contributed by atoms with Gasteiger partial charge in [0.25, 0.3) is 0 Å². The van der Waals surface area contributed by atoms with Crippen LogP contribution >= 0.6 is 0 Å². The van der Waals surface area contributed by atoms with Gasteiger partial charge in [-0.05, 0) is 42.5 Å². The number of ether oxygens (including phenoxy) is 2. The van der Waals surface area contributed by atoms with E-state index in [1.54, 1.807) is 30.3 Å². The Bertz CT molecular complexity index is 842. The van der Waals surface area contributed by atoms with E-state index in [2.05, 4.69) is 4.98 Å². The molecule has 2 aromatic carbocycles. The fraction of sp³-hybridized carbons (Fsp3) is 0.111. The third-order valence-electron chi connectivity index (χ3n) is 3.34. The van der Waals surface area contributed by atoms with Gasteiger partial charge < -0.3 is 13.9 Å². The third kappa shape index (κ3) is 3.43. The topological polar surface area (TPSA) is 61.6 Å². The van der Waals surface area contributed by atoms with Gasteiger partial charge in [-0.2, -0.15) is 0 Å². The van der Waals surface area contributed by atoms with Crippen LogP contribution in [-0.2, 0) is 6.61 Å². The molecule has 5 nitrogen and oxygen atoms in total. The van der Waals surface area contributed by atoms with E-state index in [9.17, 15) is 9.18 Å². The molecule has 3 aromatic rings. The molecule has 1 aromatic heterocycles. The van der Waals surface area contributed by atoms with Crippen LogP contribution in [0.1, 0.15) is 16.1 Å². The zero-order valence-corrected chi connectivity index (χ0v) is 12.9. The normalized spacial score (nSPS) is 10.4.